The highest BCUT2D eigenvalue weighted by Gasteiger charge is 2.29. The molecule has 28 heavy (non-hydrogen) atoms. The molecule has 0 spiro atoms. The zero-order valence-electron chi connectivity index (χ0n) is 17.0. The predicted molar refractivity (Wildman–Crippen MR) is 110 cm³/mol. The molecule has 1 fully saturated rings. The van der Waals surface area contributed by atoms with Gasteiger partial charge in [-0.25, -0.2) is 4.79 Å². The van der Waals surface area contributed by atoms with Crippen molar-refractivity contribution in [1.82, 2.24) is 15.5 Å². The highest BCUT2D eigenvalue weighted by molar-refractivity contribution is 5.79. The van der Waals surface area contributed by atoms with E-state index < -0.39 is 0 Å². The molecule has 3 amide bonds. The van der Waals surface area contributed by atoms with Gasteiger partial charge in [-0.2, -0.15) is 0 Å². The summed E-state index contributed by atoms with van der Waals surface area (Å²) in [4.78, 5) is 26.8. The van der Waals surface area contributed by atoms with Crippen LogP contribution in [-0.4, -0.2) is 36.0 Å². The summed E-state index contributed by atoms with van der Waals surface area (Å²) in [5.41, 5.74) is 0.822. The van der Waals surface area contributed by atoms with Gasteiger partial charge in [0.25, 0.3) is 0 Å². The minimum atomic E-state index is -0.215. The lowest BCUT2D eigenvalue weighted by molar-refractivity contribution is -0.136. The van der Waals surface area contributed by atoms with E-state index in [2.05, 4.69) is 10.6 Å². The molecule has 2 aromatic rings. The number of carbonyl (C=O) groups excluding carboxylic acids is 2. The maximum absolute atomic E-state index is 12.5. The molecule has 0 bridgehead atoms. The molecule has 1 heterocycles. The summed E-state index contributed by atoms with van der Waals surface area (Å²) >= 11 is 0. The van der Waals surface area contributed by atoms with Crippen LogP contribution >= 0.6 is 0 Å². The lowest BCUT2D eigenvalue weighted by atomic mass is 9.85. The Labute approximate surface area is 166 Å². The summed E-state index contributed by atoms with van der Waals surface area (Å²) in [6.45, 7) is 7.46. The Morgan fingerprint density at radius 3 is 2.46 bits per heavy atom. The number of para-hydroxylation sites is 1. The quantitative estimate of drug-likeness (QED) is 0.782. The number of nitrogens with zero attached hydrogens (tertiary/aromatic N) is 1. The normalized spacial score (nSPS) is 20.5. The van der Waals surface area contributed by atoms with E-state index in [1.165, 1.54) is 0 Å². The van der Waals surface area contributed by atoms with Crippen LogP contribution in [0, 0.1) is 5.92 Å². The van der Waals surface area contributed by atoms with Gasteiger partial charge in [-0.05, 0) is 58.6 Å². The first kappa shape index (κ1) is 20.2. The fourth-order valence-corrected chi connectivity index (χ4v) is 3.99. The molecular weight excluding hydrogens is 354 g/mol. The summed E-state index contributed by atoms with van der Waals surface area (Å²) in [7, 11) is 0. The molecule has 0 saturated heterocycles. The number of benzene rings is 1. The molecule has 0 aliphatic heterocycles. The van der Waals surface area contributed by atoms with Gasteiger partial charge in [0.2, 0.25) is 5.91 Å². The van der Waals surface area contributed by atoms with E-state index in [4.69, 9.17) is 4.42 Å². The maximum Gasteiger partial charge on any atom is 0.315 e. The minimum absolute atomic E-state index is 0.0930. The van der Waals surface area contributed by atoms with Crippen LogP contribution in [0.4, 0.5) is 4.79 Å². The van der Waals surface area contributed by atoms with Crippen LogP contribution in [0.25, 0.3) is 11.0 Å². The van der Waals surface area contributed by atoms with E-state index in [0.29, 0.717) is 0 Å². The molecule has 1 atom stereocenters. The molecule has 6 heteroatoms. The van der Waals surface area contributed by atoms with Gasteiger partial charge in [0.15, 0.2) is 0 Å². The zero-order valence-corrected chi connectivity index (χ0v) is 17.0. The van der Waals surface area contributed by atoms with E-state index in [0.717, 1.165) is 55.5 Å². The number of rotatable bonds is 6. The number of urea groups is 1. The van der Waals surface area contributed by atoms with Crippen molar-refractivity contribution < 1.29 is 14.0 Å². The molecule has 3 rings (SSSR count). The maximum atomic E-state index is 12.5. The highest BCUT2D eigenvalue weighted by Crippen LogP contribution is 2.27. The fourth-order valence-electron chi connectivity index (χ4n) is 3.99. The average molecular weight is 386 g/mol. The summed E-state index contributed by atoms with van der Waals surface area (Å²) in [5, 5.41) is 7.04. The smallest absolute Gasteiger partial charge is 0.315 e. The Balaban J connectivity index is 1.47. The standard InChI is InChI=1S/C22H31N3O3/c1-4-25(5-2)21(26)16-10-12-18(13-11-16)24-22(27)23-15(3)20-14-17-8-6-7-9-19(17)28-20/h6-9,14-16,18H,4-5,10-13H2,1-3H3,(H2,23,24,27). The average Bonchev–Trinajstić information content (AvgIpc) is 3.14. The van der Waals surface area contributed by atoms with Gasteiger partial charge in [0, 0.05) is 30.4 Å². The van der Waals surface area contributed by atoms with Crippen LogP contribution in [0.5, 0.6) is 0 Å². The Hall–Kier alpha value is -2.50. The summed E-state index contributed by atoms with van der Waals surface area (Å²) < 4.78 is 5.82. The molecule has 1 aliphatic carbocycles. The van der Waals surface area contributed by atoms with Gasteiger partial charge in [-0.1, -0.05) is 18.2 Å². The molecule has 1 aromatic carbocycles. The Kier molecular flexibility index (Phi) is 6.60. The first-order chi connectivity index (χ1) is 13.5. The van der Waals surface area contributed by atoms with Gasteiger partial charge in [0.05, 0.1) is 6.04 Å². The van der Waals surface area contributed by atoms with Crippen molar-refractivity contribution in [1.29, 1.82) is 0 Å². The van der Waals surface area contributed by atoms with Crippen molar-refractivity contribution in [2.75, 3.05) is 13.1 Å². The molecule has 1 aliphatic rings. The Morgan fingerprint density at radius 2 is 1.82 bits per heavy atom. The Bertz CT molecular complexity index is 771. The van der Waals surface area contributed by atoms with E-state index in [1.807, 2.05) is 56.0 Å². The van der Waals surface area contributed by atoms with Crippen molar-refractivity contribution in [3.05, 3.63) is 36.1 Å². The first-order valence-electron chi connectivity index (χ1n) is 10.4. The van der Waals surface area contributed by atoms with Crippen LogP contribution in [0.1, 0.15) is 58.3 Å². The monoisotopic (exact) mass is 385 g/mol. The number of hydrogen-bond donors (Lipinski definition) is 2. The van der Waals surface area contributed by atoms with Crippen LogP contribution < -0.4 is 10.6 Å². The van der Waals surface area contributed by atoms with Crippen LogP contribution in [0.15, 0.2) is 34.7 Å². The Morgan fingerprint density at radius 1 is 1.14 bits per heavy atom. The number of furan rings is 1. The number of hydrogen-bond acceptors (Lipinski definition) is 3. The highest BCUT2D eigenvalue weighted by atomic mass is 16.3. The third-order valence-electron chi connectivity index (χ3n) is 5.71. The van der Waals surface area contributed by atoms with Gasteiger partial charge in [0.1, 0.15) is 11.3 Å². The number of carbonyl (C=O) groups is 2. The largest absolute Gasteiger partial charge is 0.459 e. The van der Waals surface area contributed by atoms with Crippen LogP contribution in [-0.2, 0) is 4.79 Å². The number of fused-ring (bicyclic) bond motifs is 1. The lowest BCUT2D eigenvalue weighted by Crippen LogP contribution is -2.46. The first-order valence-corrected chi connectivity index (χ1v) is 10.4. The molecule has 1 unspecified atom stereocenters. The van der Waals surface area contributed by atoms with Gasteiger partial charge < -0.3 is 20.0 Å². The van der Waals surface area contributed by atoms with E-state index in [-0.39, 0.29) is 29.9 Å². The van der Waals surface area contributed by atoms with Gasteiger partial charge >= 0.3 is 6.03 Å². The zero-order chi connectivity index (χ0) is 20.1. The predicted octanol–water partition coefficient (Wildman–Crippen LogP) is 4.22. The van der Waals surface area contributed by atoms with Gasteiger partial charge in [-0.15, -0.1) is 0 Å². The van der Waals surface area contributed by atoms with Crippen molar-refractivity contribution in [3.8, 4) is 0 Å². The summed E-state index contributed by atoms with van der Waals surface area (Å²) in [6.07, 6.45) is 3.34. The molecule has 2 N–H and O–H groups in total. The number of nitrogens with one attached hydrogen (secondary N) is 2. The molecular formula is C22H31N3O3. The molecule has 152 valence electrons. The second-order valence-electron chi connectivity index (χ2n) is 7.59. The second kappa shape index (κ2) is 9.13. The van der Waals surface area contributed by atoms with E-state index >= 15 is 0 Å². The van der Waals surface area contributed by atoms with Gasteiger partial charge in [-0.3, -0.25) is 4.79 Å². The van der Waals surface area contributed by atoms with E-state index in [9.17, 15) is 9.59 Å². The van der Waals surface area contributed by atoms with Crippen molar-refractivity contribution >= 4 is 22.9 Å². The third kappa shape index (κ3) is 4.66. The summed E-state index contributed by atoms with van der Waals surface area (Å²) in [6, 6.07) is 9.49. The molecule has 6 nitrogen and oxygen atoms in total. The lowest BCUT2D eigenvalue weighted by Gasteiger charge is -2.31. The SMILES string of the molecule is CCN(CC)C(=O)C1CCC(NC(=O)NC(C)c2cc3ccccc3o2)CC1. The fraction of sp³-hybridized carbons (Fsp3) is 0.545. The minimum Gasteiger partial charge on any atom is -0.459 e. The van der Waals surface area contributed by atoms with Crippen molar-refractivity contribution in [3.63, 3.8) is 0 Å². The van der Waals surface area contributed by atoms with E-state index in [1.54, 1.807) is 0 Å². The third-order valence-corrected chi connectivity index (χ3v) is 5.71. The number of amides is 3. The second-order valence-corrected chi connectivity index (χ2v) is 7.59. The van der Waals surface area contributed by atoms with Crippen molar-refractivity contribution in [2.24, 2.45) is 5.92 Å². The van der Waals surface area contributed by atoms with Crippen LogP contribution in [0.2, 0.25) is 0 Å². The molecule has 1 aromatic heterocycles. The molecule has 0 radical (unpaired) electrons. The summed E-state index contributed by atoms with van der Waals surface area (Å²) in [5.74, 6) is 1.09. The van der Waals surface area contributed by atoms with Crippen molar-refractivity contribution in [2.45, 2.75) is 58.5 Å². The molecule has 1 saturated carbocycles. The topological polar surface area (TPSA) is 74.6 Å². The van der Waals surface area contributed by atoms with Crippen LogP contribution in [0.3, 0.4) is 0 Å².